The van der Waals surface area contributed by atoms with Crippen molar-refractivity contribution >= 4 is 21.6 Å². The summed E-state index contributed by atoms with van der Waals surface area (Å²) < 4.78 is 1.17. The molecule has 2 aromatic rings. The van der Waals surface area contributed by atoms with E-state index in [2.05, 4.69) is 11.1 Å². The molecule has 1 fully saturated rings. The molecule has 1 saturated carbocycles. The first-order valence-corrected chi connectivity index (χ1v) is 6.85. The molecule has 2 atom stereocenters. The van der Waals surface area contributed by atoms with Gasteiger partial charge in [0.15, 0.2) is 0 Å². The van der Waals surface area contributed by atoms with E-state index in [-0.39, 0.29) is 5.92 Å². The monoisotopic (exact) mass is 248 g/mol. The summed E-state index contributed by atoms with van der Waals surface area (Å²) in [5.41, 5.74) is 5.93. The van der Waals surface area contributed by atoms with Crippen molar-refractivity contribution in [2.24, 2.45) is 5.73 Å². The van der Waals surface area contributed by atoms with Gasteiger partial charge in [-0.2, -0.15) is 0 Å². The largest absolute Gasteiger partial charge is 0.375 e. The Morgan fingerprint density at radius 1 is 1.35 bits per heavy atom. The Balaban J connectivity index is 2.02. The van der Waals surface area contributed by atoms with Gasteiger partial charge in [0, 0.05) is 0 Å². The van der Waals surface area contributed by atoms with Gasteiger partial charge < -0.3 is 10.8 Å². The first-order valence-electron chi connectivity index (χ1n) is 6.03. The summed E-state index contributed by atoms with van der Waals surface area (Å²) in [6.07, 6.45) is 3.74. The van der Waals surface area contributed by atoms with Gasteiger partial charge in [-0.15, -0.1) is 11.3 Å². The van der Waals surface area contributed by atoms with Gasteiger partial charge >= 0.3 is 0 Å². The van der Waals surface area contributed by atoms with E-state index >= 15 is 0 Å². The number of benzene rings is 1. The molecule has 1 aliphatic rings. The number of aliphatic hydroxyl groups is 1. The highest BCUT2D eigenvalue weighted by Crippen LogP contribution is 2.40. The predicted octanol–water partition coefficient (Wildman–Crippen LogP) is 2.60. The van der Waals surface area contributed by atoms with E-state index < -0.39 is 5.72 Å². The minimum Gasteiger partial charge on any atom is -0.375 e. The molecular formula is C13H16N2OS. The van der Waals surface area contributed by atoms with Gasteiger partial charge in [-0.25, -0.2) is 4.98 Å². The van der Waals surface area contributed by atoms with Crippen LogP contribution in [-0.2, 0) is 0 Å². The van der Waals surface area contributed by atoms with Crippen molar-refractivity contribution in [2.75, 3.05) is 0 Å². The lowest BCUT2D eigenvalue weighted by molar-refractivity contribution is -0.0112. The SMILES string of the molecule is NC1(O)CCCCC1c1nc2ccccc2s1. The lowest BCUT2D eigenvalue weighted by atomic mass is 9.82. The van der Waals surface area contributed by atoms with Gasteiger partial charge in [0.1, 0.15) is 10.7 Å². The van der Waals surface area contributed by atoms with Crippen LogP contribution in [0.5, 0.6) is 0 Å². The number of fused-ring (bicyclic) bond motifs is 1. The summed E-state index contributed by atoms with van der Waals surface area (Å²) >= 11 is 1.65. The molecule has 3 nitrogen and oxygen atoms in total. The fourth-order valence-electron chi connectivity index (χ4n) is 2.56. The summed E-state index contributed by atoms with van der Waals surface area (Å²) in [5, 5.41) is 11.2. The second-order valence-electron chi connectivity index (χ2n) is 4.81. The van der Waals surface area contributed by atoms with Gasteiger partial charge in [0.25, 0.3) is 0 Å². The van der Waals surface area contributed by atoms with E-state index in [1.807, 2.05) is 18.2 Å². The fourth-order valence-corrected chi connectivity index (χ4v) is 3.76. The normalized spacial score (nSPS) is 29.6. The average Bonchev–Trinajstić information content (AvgIpc) is 2.71. The standard InChI is InChI=1S/C13H16N2OS/c14-13(16)8-4-3-5-9(13)12-15-10-6-1-2-7-11(10)17-12/h1-2,6-7,9,16H,3-5,8,14H2. The van der Waals surface area contributed by atoms with Crippen molar-refractivity contribution in [3.8, 4) is 0 Å². The van der Waals surface area contributed by atoms with Crippen molar-refractivity contribution in [2.45, 2.75) is 37.3 Å². The van der Waals surface area contributed by atoms with Crippen molar-refractivity contribution in [1.29, 1.82) is 0 Å². The smallest absolute Gasteiger partial charge is 0.122 e. The third-order valence-electron chi connectivity index (χ3n) is 3.53. The fraction of sp³-hybridized carbons (Fsp3) is 0.462. The van der Waals surface area contributed by atoms with E-state index in [1.165, 1.54) is 4.70 Å². The number of rotatable bonds is 1. The highest BCUT2D eigenvalue weighted by molar-refractivity contribution is 7.18. The molecule has 1 aliphatic carbocycles. The van der Waals surface area contributed by atoms with Gasteiger partial charge in [0.05, 0.1) is 16.1 Å². The molecule has 0 bridgehead atoms. The maximum absolute atomic E-state index is 10.3. The second kappa shape index (κ2) is 4.05. The van der Waals surface area contributed by atoms with Crippen LogP contribution in [0.25, 0.3) is 10.2 Å². The number of para-hydroxylation sites is 1. The van der Waals surface area contributed by atoms with Crippen LogP contribution in [0.3, 0.4) is 0 Å². The molecule has 0 aliphatic heterocycles. The van der Waals surface area contributed by atoms with Crippen molar-refractivity contribution in [3.63, 3.8) is 0 Å². The van der Waals surface area contributed by atoms with Crippen LogP contribution in [0, 0.1) is 0 Å². The lowest BCUT2D eigenvalue weighted by Gasteiger charge is -2.35. The molecule has 0 spiro atoms. The Labute approximate surface area is 104 Å². The van der Waals surface area contributed by atoms with Crippen LogP contribution in [0.15, 0.2) is 24.3 Å². The molecule has 17 heavy (non-hydrogen) atoms. The Morgan fingerprint density at radius 2 is 2.18 bits per heavy atom. The molecule has 3 N–H and O–H groups in total. The molecule has 4 heteroatoms. The molecule has 0 radical (unpaired) electrons. The predicted molar refractivity (Wildman–Crippen MR) is 70.0 cm³/mol. The summed E-state index contributed by atoms with van der Waals surface area (Å²) in [6.45, 7) is 0. The molecule has 0 saturated heterocycles. The Morgan fingerprint density at radius 3 is 2.94 bits per heavy atom. The molecule has 1 heterocycles. The molecule has 3 rings (SSSR count). The van der Waals surface area contributed by atoms with Crippen LogP contribution in [0.1, 0.15) is 36.6 Å². The minimum absolute atomic E-state index is 0.00588. The Kier molecular flexibility index (Phi) is 2.65. The second-order valence-corrected chi connectivity index (χ2v) is 5.87. The third-order valence-corrected chi connectivity index (χ3v) is 4.68. The van der Waals surface area contributed by atoms with Crippen LogP contribution in [-0.4, -0.2) is 15.8 Å². The van der Waals surface area contributed by atoms with E-state index in [0.29, 0.717) is 6.42 Å². The highest BCUT2D eigenvalue weighted by atomic mass is 32.1. The van der Waals surface area contributed by atoms with Crippen LogP contribution >= 0.6 is 11.3 Å². The summed E-state index contributed by atoms with van der Waals surface area (Å²) in [5.74, 6) is -0.00588. The highest BCUT2D eigenvalue weighted by Gasteiger charge is 2.38. The van der Waals surface area contributed by atoms with E-state index in [9.17, 15) is 5.11 Å². The number of thiazole rings is 1. The molecular weight excluding hydrogens is 232 g/mol. The van der Waals surface area contributed by atoms with Crippen LogP contribution in [0.2, 0.25) is 0 Å². The van der Waals surface area contributed by atoms with Crippen molar-refractivity contribution < 1.29 is 5.11 Å². The zero-order chi connectivity index (χ0) is 11.9. The Hall–Kier alpha value is -0.970. The number of aromatic nitrogens is 1. The topological polar surface area (TPSA) is 59.1 Å². The summed E-state index contributed by atoms with van der Waals surface area (Å²) in [4.78, 5) is 4.61. The maximum atomic E-state index is 10.3. The Bertz CT molecular complexity index is 502. The van der Waals surface area contributed by atoms with Crippen LogP contribution < -0.4 is 5.73 Å². The zero-order valence-corrected chi connectivity index (χ0v) is 10.4. The molecule has 2 unspecified atom stereocenters. The first-order chi connectivity index (χ1) is 8.17. The number of nitrogens with two attached hydrogens (primary N) is 1. The van der Waals surface area contributed by atoms with Crippen molar-refractivity contribution in [3.05, 3.63) is 29.3 Å². The zero-order valence-electron chi connectivity index (χ0n) is 9.60. The van der Waals surface area contributed by atoms with Gasteiger partial charge in [0.2, 0.25) is 0 Å². The minimum atomic E-state index is -1.08. The first kappa shape index (κ1) is 11.1. The number of hydrogen-bond donors (Lipinski definition) is 2. The average molecular weight is 248 g/mol. The van der Waals surface area contributed by atoms with E-state index in [4.69, 9.17) is 5.73 Å². The van der Waals surface area contributed by atoms with Gasteiger partial charge in [-0.05, 0) is 31.4 Å². The summed E-state index contributed by atoms with van der Waals surface area (Å²) in [6, 6.07) is 8.07. The molecule has 1 aromatic carbocycles. The lowest BCUT2D eigenvalue weighted by Crippen LogP contribution is -2.47. The van der Waals surface area contributed by atoms with E-state index in [0.717, 1.165) is 29.8 Å². The number of hydrogen-bond acceptors (Lipinski definition) is 4. The summed E-state index contributed by atoms with van der Waals surface area (Å²) in [7, 11) is 0. The van der Waals surface area contributed by atoms with Crippen molar-refractivity contribution in [1.82, 2.24) is 4.98 Å². The third kappa shape index (κ3) is 1.97. The number of nitrogens with zero attached hydrogens (tertiary/aromatic N) is 1. The molecule has 90 valence electrons. The molecule has 0 amide bonds. The molecule has 1 aromatic heterocycles. The van der Waals surface area contributed by atoms with Gasteiger partial charge in [-0.1, -0.05) is 18.6 Å². The van der Waals surface area contributed by atoms with Crippen LogP contribution in [0.4, 0.5) is 0 Å². The van der Waals surface area contributed by atoms with E-state index in [1.54, 1.807) is 11.3 Å². The quantitative estimate of drug-likeness (QED) is 0.763. The van der Waals surface area contributed by atoms with Gasteiger partial charge in [-0.3, -0.25) is 0 Å². The maximum Gasteiger partial charge on any atom is 0.122 e.